The molecule has 3 aromatic rings. The van der Waals surface area contributed by atoms with Gasteiger partial charge in [0.25, 0.3) is 0 Å². The van der Waals surface area contributed by atoms with Gasteiger partial charge >= 0.3 is 0 Å². The Balaban J connectivity index is 1.73. The van der Waals surface area contributed by atoms with Crippen molar-refractivity contribution in [3.63, 3.8) is 0 Å². The average molecular weight is 368 g/mol. The molecule has 6 heteroatoms. The van der Waals surface area contributed by atoms with Crippen LogP contribution in [0.5, 0.6) is 0 Å². The second kappa shape index (κ2) is 7.64. The van der Waals surface area contributed by atoms with E-state index in [0.29, 0.717) is 0 Å². The van der Waals surface area contributed by atoms with Gasteiger partial charge in [-0.2, -0.15) is 9.61 Å². The van der Waals surface area contributed by atoms with E-state index in [-0.39, 0.29) is 5.82 Å². The first-order valence-corrected chi connectivity index (χ1v) is 9.82. The van der Waals surface area contributed by atoms with Crippen molar-refractivity contribution < 1.29 is 9.29 Å². The summed E-state index contributed by atoms with van der Waals surface area (Å²) in [4.78, 5) is 6.31. The summed E-state index contributed by atoms with van der Waals surface area (Å²) in [6.07, 6.45) is 5.52. The van der Waals surface area contributed by atoms with Crippen LogP contribution < -0.4 is 10.2 Å². The molecule has 0 spiro atoms. The van der Waals surface area contributed by atoms with E-state index >= 15 is 0 Å². The maximum Gasteiger partial charge on any atom is 0.158 e. The first kappa shape index (κ1) is 17.9. The van der Waals surface area contributed by atoms with Crippen molar-refractivity contribution in [2.75, 3.05) is 32.5 Å². The molecule has 0 bridgehead atoms. The maximum absolute atomic E-state index is 13.6. The summed E-state index contributed by atoms with van der Waals surface area (Å²) in [6.45, 7) is 2.03. The Bertz CT molecular complexity index is 947. The second-order valence-corrected chi connectivity index (χ2v) is 7.64. The maximum atomic E-state index is 13.6. The zero-order valence-electron chi connectivity index (χ0n) is 16.1. The van der Waals surface area contributed by atoms with Gasteiger partial charge in [-0.3, -0.25) is 0 Å². The number of rotatable bonds is 6. The molecule has 0 aliphatic heterocycles. The largest absolute Gasteiger partial charge is 0.369 e. The van der Waals surface area contributed by atoms with Crippen molar-refractivity contribution in [2.45, 2.75) is 32.1 Å². The van der Waals surface area contributed by atoms with Gasteiger partial charge in [-0.15, -0.1) is 0 Å². The standard InChI is InChI=1S/C21H26FN5/c1-26(2)12-6-11-23-21-17-9-3-4-10-18(17)24-20-14-19(25-27(20)21)15-7-5-8-16(22)13-15/h5,7-8,13-14,23H,3-4,6,9-12H2,1-2H3/p+1. The molecule has 0 unspecified atom stereocenters. The van der Waals surface area contributed by atoms with E-state index in [1.165, 1.54) is 41.1 Å². The van der Waals surface area contributed by atoms with Gasteiger partial charge in [-0.1, -0.05) is 12.1 Å². The Morgan fingerprint density at radius 1 is 1.19 bits per heavy atom. The highest BCUT2D eigenvalue weighted by atomic mass is 19.1. The van der Waals surface area contributed by atoms with Crippen LogP contribution in [0.25, 0.3) is 16.9 Å². The van der Waals surface area contributed by atoms with Crippen molar-refractivity contribution in [2.24, 2.45) is 0 Å². The molecule has 5 nitrogen and oxygen atoms in total. The predicted octanol–water partition coefficient (Wildman–Crippen LogP) is 2.36. The van der Waals surface area contributed by atoms with E-state index in [1.807, 2.05) is 16.6 Å². The zero-order chi connectivity index (χ0) is 18.8. The topological polar surface area (TPSA) is 46.7 Å². The molecule has 0 saturated heterocycles. The molecule has 2 aromatic heterocycles. The lowest BCUT2D eigenvalue weighted by molar-refractivity contribution is -0.858. The molecule has 1 aliphatic carbocycles. The fourth-order valence-electron chi connectivity index (χ4n) is 3.77. The third-order valence-electron chi connectivity index (χ3n) is 5.14. The van der Waals surface area contributed by atoms with Crippen molar-refractivity contribution >= 4 is 11.5 Å². The number of aryl methyl sites for hydroxylation is 1. The lowest BCUT2D eigenvalue weighted by Gasteiger charge is -2.20. The van der Waals surface area contributed by atoms with E-state index in [2.05, 4.69) is 19.4 Å². The zero-order valence-corrected chi connectivity index (χ0v) is 16.1. The quantitative estimate of drug-likeness (QED) is 0.657. The average Bonchev–Trinajstić information content (AvgIpc) is 3.08. The number of hydrogen-bond acceptors (Lipinski definition) is 3. The molecular formula is C21H27FN5+. The van der Waals surface area contributed by atoms with E-state index in [0.717, 1.165) is 55.1 Å². The lowest BCUT2D eigenvalue weighted by atomic mass is 9.96. The monoisotopic (exact) mass is 368 g/mol. The third-order valence-corrected chi connectivity index (χ3v) is 5.14. The molecule has 0 fully saturated rings. The molecule has 2 N–H and O–H groups in total. The van der Waals surface area contributed by atoms with Gasteiger partial charge in [-0.05, 0) is 37.8 Å². The summed E-state index contributed by atoms with van der Waals surface area (Å²) in [5, 5.41) is 8.39. The number of aromatic nitrogens is 3. The van der Waals surface area contributed by atoms with Crippen LogP contribution in [0.1, 0.15) is 30.5 Å². The summed E-state index contributed by atoms with van der Waals surface area (Å²) in [6, 6.07) is 8.54. The SMILES string of the molecule is C[NH+](C)CCCNc1c2c(nc3cc(-c4cccc(F)c4)nn13)CCCC2. The van der Waals surface area contributed by atoms with Crippen LogP contribution in [0.4, 0.5) is 10.2 Å². The Kier molecular flexibility index (Phi) is 5.07. The van der Waals surface area contributed by atoms with Crippen LogP contribution in [-0.2, 0) is 12.8 Å². The highest BCUT2D eigenvalue weighted by Crippen LogP contribution is 2.30. The van der Waals surface area contributed by atoms with Crippen LogP contribution in [0.2, 0.25) is 0 Å². The van der Waals surface area contributed by atoms with Crippen molar-refractivity contribution in [1.82, 2.24) is 14.6 Å². The molecule has 27 heavy (non-hydrogen) atoms. The van der Waals surface area contributed by atoms with Crippen LogP contribution in [0.15, 0.2) is 30.3 Å². The number of anilines is 1. The van der Waals surface area contributed by atoms with Crippen LogP contribution in [0.3, 0.4) is 0 Å². The third kappa shape index (κ3) is 3.81. The van der Waals surface area contributed by atoms with Gasteiger partial charge < -0.3 is 10.2 Å². The summed E-state index contributed by atoms with van der Waals surface area (Å²) >= 11 is 0. The number of hydrogen-bond donors (Lipinski definition) is 2. The minimum Gasteiger partial charge on any atom is -0.369 e. The molecule has 4 rings (SSSR count). The molecule has 2 heterocycles. The van der Waals surface area contributed by atoms with Gasteiger partial charge in [-0.25, -0.2) is 9.37 Å². The van der Waals surface area contributed by atoms with Gasteiger partial charge in [0.05, 0.1) is 26.3 Å². The number of quaternary nitrogens is 1. The molecule has 0 atom stereocenters. The number of benzene rings is 1. The number of nitrogens with one attached hydrogen (secondary N) is 2. The molecule has 0 amide bonds. The Morgan fingerprint density at radius 2 is 2.04 bits per heavy atom. The van der Waals surface area contributed by atoms with E-state index < -0.39 is 0 Å². The highest BCUT2D eigenvalue weighted by Gasteiger charge is 2.20. The summed E-state index contributed by atoms with van der Waals surface area (Å²) in [7, 11) is 4.34. The molecule has 0 radical (unpaired) electrons. The summed E-state index contributed by atoms with van der Waals surface area (Å²) in [5.41, 5.74) is 4.83. The number of nitrogens with zero attached hydrogens (tertiary/aromatic N) is 3. The summed E-state index contributed by atoms with van der Waals surface area (Å²) in [5.74, 6) is 0.812. The Labute approximate surface area is 159 Å². The molecular weight excluding hydrogens is 341 g/mol. The van der Waals surface area contributed by atoms with Gasteiger partial charge in [0.15, 0.2) is 5.65 Å². The van der Waals surface area contributed by atoms with Gasteiger partial charge in [0.2, 0.25) is 0 Å². The predicted molar refractivity (Wildman–Crippen MR) is 106 cm³/mol. The Morgan fingerprint density at radius 3 is 2.85 bits per heavy atom. The summed E-state index contributed by atoms with van der Waals surface area (Å²) < 4.78 is 15.5. The minimum atomic E-state index is -0.249. The molecule has 142 valence electrons. The van der Waals surface area contributed by atoms with Gasteiger partial charge in [0.1, 0.15) is 11.6 Å². The highest BCUT2D eigenvalue weighted by molar-refractivity contribution is 5.67. The van der Waals surface area contributed by atoms with Gasteiger partial charge in [0, 0.05) is 35.9 Å². The normalized spacial score (nSPS) is 13.9. The Hall–Kier alpha value is -2.47. The number of halogens is 1. The van der Waals surface area contributed by atoms with Crippen molar-refractivity contribution in [1.29, 1.82) is 0 Å². The second-order valence-electron chi connectivity index (χ2n) is 7.64. The van der Waals surface area contributed by atoms with E-state index in [9.17, 15) is 4.39 Å². The fourth-order valence-corrected chi connectivity index (χ4v) is 3.77. The number of fused-ring (bicyclic) bond motifs is 2. The van der Waals surface area contributed by atoms with Crippen LogP contribution >= 0.6 is 0 Å². The van der Waals surface area contributed by atoms with Crippen molar-refractivity contribution in [3.05, 3.63) is 47.4 Å². The first-order valence-electron chi connectivity index (χ1n) is 9.82. The smallest absolute Gasteiger partial charge is 0.158 e. The minimum absolute atomic E-state index is 0.249. The molecule has 1 aliphatic rings. The van der Waals surface area contributed by atoms with E-state index in [1.54, 1.807) is 6.07 Å². The fraction of sp³-hybridized carbons (Fsp3) is 0.429. The van der Waals surface area contributed by atoms with E-state index in [4.69, 9.17) is 10.1 Å². The van der Waals surface area contributed by atoms with Crippen molar-refractivity contribution in [3.8, 4) is 11.3 Å². The molecule has 0 saturated carbocycles. The van der Waals surface area contributed by atoms with Crippen LogP contribution in [-0.4, -0.2) is 41.8 Å². The molecule has 1 aromatic carbocycles. The first-order chi connectivity index (χ1) is 13.1. The lowest BCUT2D eigenvalue weighted by Crippen LogP contribution is -3.05. The van der Waals surface area contributed by atoms with Crippen LogP contribution in [0, 0.1) is 5.82 Å².